The third-order valence-electron chi connectivity index (χ3n) is 2.45. The summed E-state index contributed by atoms with van der Waals surface area (Å²) in [5, 5.41) is 18.5. The molecule has 0 aromatic heterocycles. The zero-order valence-electron chi connectivity index (χ0n) is 9.40. The highest BCUT2D eigenvalue weighted by Crippen LogP contribution is 2.28. The summed E-state index contributed by atoms with van der Waals surface area (Å²) in [4.78, 5) is 0. The number of hydrogen-bond donors (Lipinski definition) is 2. The highest BCUT2D eigenvalue weighted by Gasteiger charge is 2.13. The SMILES string of the molecule is COc1ccc(C(C)C)cc1C(O)CO. The fourth-order valence-electron chi connectivity index (χ4n) is 1.47. The van der Waals surface area contributed by atoms with Crippen molar-refractivity contribution in [1.82, 2.24) is 0 Å². The highest BCUT2D eigenvalue weighted by atomic mass is 16.5. The van der Waals surface area contributed by atoms with Crippen LogP contribution in [-0.4, -0.2) is 23.9 Å². The van der Waals surface area contributed by atoms with Gasteiger partial charge in [-0.05, 0) is 23.6 Å². The molecule has 1 atom stereocenters. The van der Waals surface area contributed by atoms with E-state index in [-0.39, 0.29) is 6.61 Å². The van der Waals surface area contributed by atoms with Crippen molar-refractivity contribution >= 4 is 0 Å². The summed E-state index contributed by atoms with van der Waals surface area (Å²) in [5.74, 6) is 1.00. The van der Waals surface area contributed by atoms with Gasteiger partial charge < -0.3 is 14.9 Å². The molecule has 0 saturated carbocycles. The lowest BCUT2D eigenvalue weighted by atomic mass is 9.98. The number of methoxy groups -OCH3 is 1. The fraction of sp³-hybridized carbons (Fsp3) is 0.500. The molecule has 3 nitrogen and oxygen atoms in total. The molecule has 1 aromatic carbocycles. The van der Waals surface area contributed by atoms with Crippen LogP contribution in [0, 0.1) is 0 Å². The van der Waals surface area contributed by atoms with Crippen LogP contribution in [0.2, 0.25) is 0 Å². The second-order valence-corrected chi connectivity index (χ2v) is 3.85. The van der Waals surface area contributed by atoms with Gasteiger partial charge in [0.25, 0.3) is 0 Å². The van der Waals surface area contributed by atoms with Crippen LogP contribution < -0.4 is 4.74 Å². The Balaban J connectivity index is 3.13. The van der Waals surface area contributed by atoms with Gasteiger partial charge in [0.15, 0.2) is 0 Å². The summed E-state index contributed by atoms with van der Waals surface area (Å²) >= 11 is 0. The molecular weight excluding hydrogens is 192 g/mol. The van der Waals surface area contributed by atoms with E-state index in [9.17, 15) is 5.11 Å². The molecular formula is C12H18O3. The summed E-state index contributed by atoms with van der Waals surface area (Å²) in [5.41, 5.74) is 1.77. The van der Waals surface area contributed by atoms with Gasteiger partial charge in [-0.15, -0.1) is 0 Å². The standard InChI is InChI=1S/C12H18O3/c1-8(2)9-4-5-12(15-3)10(6-9)11(14)7-13/h4-6,8,11,13-14H,7H2,1-3H3. The fourth-order valence-corrected chi connectivity index (χ4v) is 1.47. The Kier molecular flexibility index (Phi) is 4.12. The van der Waals surface area contributed by atoms with Crippen molar-refractivity contribution < 1.29 is 14.9 Å². The van der Waals surface area contributed by atoms with Gasteiger partial charge in [-0.1, -0.05) is 19.9 Å². The molecule has 0 aliphatic heterocycles. The number of ether oxygens (including phenoxy) is 1. The minimum atomic E-state index is -0.876. The van der Waals surface area contributed by atoms with Gasteiger partial charge in [-0.25, -0.2) is 0 Å². The number of aliphatic hydroxyl groups excluding tert-OH is 2. The van der Waals surface area contributed by atoms with Gasteiger partial charge >= 0.3 is 0 Å². The van der Waals surface area contributed by atoms with E-state index >= 15 is 0 Å². The molecule has 1 aromatic rings. The third kappa shape index (κ3) is 2.70. The minimum Gasteiger partial charge on any atom is -0.496 e. The Bertz CT molecular complexity index is 321. The smallest absolute Gasteiger partial charge is 0.124 e. The van der Waals surface area contributed by atoms with Crippen molar-refractivity contribution in [1.29, 1.82) is 0 Å². The van der Waals surface area contributed by atoms with Crippen LogP contribution in [0.15, 0.2) is 18.2 Å². The monoisotopic (exact) mass is 210 g/mol. The Hall–Kier alpha value is -1.06. The second kappa shape index (κ2) is 5.14. The van der Waals surface area contributed by atoms with Gasteiger partial charge in [0.05, 0.1) is 13.7 Å². The summed E-state index contributed by atoms with van der Waals surface area (Å²) < 4.78 is 5.13. The molecule has 0 aliphatic rings. The molecule has 0 spiro atoms. The summed E-state index contributed by atoms with van der Waals surface area (Å²) in [7, 11) is 1.55. The maximum absolute atomic E-state index is 9.62. The Morgan fingerprint density at radius 1 is 1.33 bits per heavy atom. The lowest BCUT2D eigenvalue weighted by molar-refractivity contribution is 0.0933. The van der Waals surface area contributed by atoms with E-state index in [4.69, 9.17) is 9.84 Å². The summed E-state index contributed by atoms with van der Waals surface area (Å²) in [6.45, 7) is 3.87. The van der Waals surface area contributed by atoms with Gasteiger partial charge in [0.1, 0.15) is 11.9 Å². The topological polar surface area (TPSA) is 49.7 Å². The molecule has 1 rings (SSSR count). The molecule has 84 valence electrons. The Morgan fingerprint density at radius 2 is 2.00 bits per heavy atom. The van der Waals surface area contributed by atoms with Gasteiger partial charge in [-0.2, -0.15) is 0 Å². The predicted octanol–water partition coefficient (Wildman–Crippen LogP) is 1.84. The van der Waals surface area contributed by atoms with Crippen LogP contribution in [0.3, 0.4) is 0 Å². The van der Waals surface area contributed by atoms with Gasteiger partial charge in [0, 0.05) is 5.56 Å². The van der Waals surface area contributed by atoms with Crippen molar-refractivity contribution in [2.45, 2.75) is 25.9 Å². The molecule has 0 fully saturated rings. The molecule has 0 bridgehead atoms. The van der Waals surface area contributed by atoms with E-state index in [1.54, 1.807) is 7.11 Å². The average molecular weight is 210 g/mol. The average Bonchev–Trinajstić information content (AvgIpc) is 2.27. The summed E-state index contributed by atoms with van der Waals surface area (Å²) in [6.07, 6.45) is -0.876. The van der Waals surface area contributed by atoms with Gasteiger partial charge in [-0.3, -0.25) is 0 Å². The first-order chi connectivity index (χ1) is 7.10. The molecule has 0 aliphatic carbocycles. The first-order valence-electron chi connectivity index (χ1n) is 5.07. The van der Waals surface area contributed by atoms with E-state index in [2.05, 4.69) is 13.8 Å². The Labute approximate surface area is 90.3 Å². The lowest BCUT2D eigenvalue weighted by Gasteiger charge is -2.15. The van der Waals surface area contributed by atoms with E-state index in [0.717, 1.165) is 5.56 Å². The molecule has 15 heavy (non-hydrogen) atoms. The number of rotatable bonds is 4. The molecule has 2 N–H and O–H groups in total. The van der Waals surface area contributed by atoms with E-state index in [0.29, 0.717) is 17.2 Å². The molecule has 0 saturated heterocycles. The van der Waals surface area contributed by atoms with E-state index in [1.165, 1.54) is 0 Å². The number of benzene rings is 1. The van der Waals surface area contributed by atoms with Crippen molar-refractivity contribution in [2.24, 2.45) is 0 Å². The normalized spacial score (nSPS) is 12.9. The van der Waals surface area contributed by atoms with Crippen LogP contribution in [0.4, 0.5) is 0 Å². The van der Waals surface area contributed by atoms with E-state index < -0.39 is 6.10 Å². The first-order valence-corrected chi connectivity index (χ1v) is 5.07. The zero-order valence-corrected chi connectivity index (χ0v) is 9.40. The molecule has 3 heteroatoms. The molecule has 0 amide bonds. The number of aliphatic hydroxyl groups is 2. The van der Waals surface area contributed by atoms with E-state index in [1.807, 2.05) is 18.2 Å². The Morgan fingerprint density at radius 3 is 2.47 bits per heavy atom. The first kappa shape index (κ1) is 12.0. The lowest BCUT2D eigenvalue weighted by Crippen LogP contribution is -2.06. The second-order valence-electron chi connectivity index (χ2n) is 3.85. The third-order valence-corrected chi connectivity index (χ3v) is 2.45. The van der Waals surface area contributed by atoms with Crippen molar-refractivity contribution in [3.63, 3.8) is 0 Å². The highest BCUT2D eigenvalue weighted by molar-refractivity contribution is 5.39. The van der Waals surface area contributed by atoms with Crippen molar-refractivity contribution in [2.75, 3.05) is 13.7 Å². The van der Waals surface area contributed by atoms with Crippen molar-refractivity contribution in [3.05, 3.63) is 29.3 Å². The van der Waals surface area contributed by atoms with Crippen molar-refractivity contribution in [3.8, 4) is 5.75 Å². The minimum absolute atomic E-state index is 0.294. The summed E-state index contributed by atoms with van der Waals surface area (Å²) in [6, 6.07) is 5.67. The molecule has 1 unspecified atom stereocenters. The number of hydrogen-bond acceptors (Lipinski definition) is 3. The van der Waals surface area contributed by atoms with Gasteiger partial charge in [0.2, 0.25) is 0 Å². The maximum Gasteiger partial charge on any atom is 0.124 e. The van der Waals surface area contributed by atoms with Crippen LogP contribution in [0.1, 0.15) is 37.0 Å². The van der Waals surface area contributed by atoms with Crippen LogP contribution in [-0.2, 0) is 0 Å². The zero-order chi connectivity index (χ0) is 11.4. The van der Waals surface area contributed by atoms with Crippen LogP contribution in [0.5, 0.6) is 5.75 Å². The quantitative estimate of drug-likeness (QED) is 0.797. The van der Waals surface area contributed by atoms with Crippen LogP contribution >= 0.6 is 0 Å². The molecule has 0 radical (unpaired) electrons. The predicted molar refractivity (Wildman–Crippen MR) is 59.1 cm³/mol. The maximum atomic E-state index is 9.62. The van der Waals surface area contributed by atoms with Crippen LogP contribution in [0.25, 0.3) is 0 Å². The molecule has 0 heterocycles. The largest absolute Gasteiger partial charge is 0.496 e.